The largest absolute Gasteiger partial charge is 0.388 e. The van der Waals surface area contributed by atoms with E-state index in [9.17, 15) is 0 Å². The Bertz CT molecular complexity index is 1100. The van der Waals surface area contributed by atoms with Crippen molar-refractivity contribution in [2.24, 2.45) is 9.98 Å². The van der Waals surface area contributed by atoms with Gasteiger partial charge in [-0.25, -0.2) is 9.98 Å². The van der Waals surface area contributed by atoms with Gasteiger partial charge in [-0.15, -0.1) is 0 Å². The van der Waals surface area contributed by atoms with E-state index in [1.807, 2.05) is 92.0 Å². The molecule has 0 aromatic heterocycles. The summed E-state index contributed by atoms with van der Waals surface area (Å²) in [5.74, 6) is 0. The van der Waals surface area contributed by atoms with E-state index in [-0.39, 0.29) is 29.7 Å². The number of aliphatic imine (C=N–C) groups is 2. The zero-order valence-electron chi connectivity index (χ0n) is 17.1. The number of nitrogens with one attached hydrogen (secondary N) is 2. The number of nitrogens with zero attached hydrogens (tertiary/aromatic N) is 2. The number of allylic oxidation sites excluding steroid dienone is 4. The molecule has 0 fully saturated rings. The Labute approximate surface area is 206 Å². The Morgan fingerprint density at radius 2 is 0.853 bits per heavy atom. The highest BCUT2D eigenvalue weighted by molar-refractivity contribution is 6.19. The Hall–Kier alpha value is -3.92. The standard InChI is InChI=1S/C26H24N4.4CH4/c1-19-3-5-21(6-4-19)28-23-11-13-25(14-12-23)30-26-17-15-24(16-18-26)29-22-9-7-20(27-2)8-10-22;;;;/h3-18,27,29H,1-2H3;4*1H4. The van der Waals surface area contributed by atoms with Crippen molar-refractivity contribution in [3.8, 4) is 0 Å². The van der Waals surface area contributed by atoms with Crippen LogP contribution in [-0.4, -0.2) is 18.5 Å². The van der Waals surface area contributed by atoms with Crippen LogP contribution in [0.4, 0.5) is 28.4 Å². The Kier molecular flexibility index (Phi) is 12.6. The van der Waals surface area contributed by atoms with Crippen LogP contribution in [0.25, 0.3) is 0 Å². The summed E-state index contributed by atoms with van der Waals surface area (Å²) in [6.07, 6.45) is 7.96. The molecule has 1 aliphatic carbocycles. The normalized spacial score (nSPS) is 11.1. The molecule has 0 amide bonds. The Balaban J connectivity index is 0.00000272. The molecule has 180 valence electrons. The molecule has 0 saturated heterocycles. The van der Waals surface area contributed by atoms with Crippen molar-refractivity contribution in [2.75, 3.05) is 17.7 Å². The lowest BCUT2D eigenvalue weighted by atomic mass is 10.1. The van der Waals surface area contributed by atoms with Gasteiger partial charge >= 0.3 is 0 Å². The molecular weight excluding hydrogens is 416 g/mol. The lowest BCUT2D eigenvalue weighted by molar-refractivity contribution is 1.43. The summed E-state index contributed by atoms with van der Waals surface area (Å²) < 4.78 is 0. The maximum atomic E-state index is 4.69. The molecule has 0 atom stereocenters. The highest BCUT2D eigenvalue weighted by atomic mass is 14.9. The Morgan fingerprint density at radius 3 is 1.26 bits per heavy atom. The predicted octanol–water partition coefficient (Wildman–Crippen LogP) is 9.30. The molecule has 1 aliphatic rings. The fraction of sp³-hybridized carbons (Fsp3) is 0.200. The van der Waals surface area contributed by atoms with Gasteiger partial charge in [0.1, 0.15) is 0 Å². The molecule has 0 heterocycles. The zero-order valence-corrected chi connectivity index (χ0v) is 17.1. The first-order valence-electron chi connectivity index (χ1n) is 9.93. The van der Waals surface area contributed by atoms with Gasteiger partial charge in [0, 0.05) is 24.1 Å². The van der Waals surface area contributed by atoms with Crippen molar-refractivity contribution in [3.63, 3.8) is 0 Å². The lowest BCUT2D eigenvalue weighted by Gasteiger charge is -2.08. The molecule has 0 spiro atoms. The minimum Gasteiger partial charge on any atom is -0.388 e. The highest BCUT2D eigenvalue weighted by Gasteiger charge is 2.01. The summed E-state index contributed by atoms with van der Waals surface area (Å²) in [5.41, 5.74) is 8.08. The van der Waals surface area contributed by atoms with Gasteiger partial charge in [0.2, 0.25) is 0 Å². The molecule has 3 aromatic carbocycles. The van der Waals surface area contributed by atoms with E-state index < -0.39 is 0 Å². The summed E-state index contributed by atoms with van der Waals surface area (Å²) in [6, 6.07) is 24.5. The molecule has 0 saturated carbocycles. The quantitative estimate of drug-likeness (QED) is 0.376. The average molecular weight is 457 g/mol. The summed E-state index contributed by atoms with van der Waals surface area (Å²) in [4.78, 5) is 9.33. The van der Waals surface area contributed by atoms with E-state index >= 15 is 0 Å². The number of hydrogen-bond acceptors (Lipinski definition) is 4. The summed E-state index contributed by atoms with van der Waals surface area (Å²) in [7, 11) is 1.91. The van der Waals surface area contributed by atoms with Gasteiger partial charge in [-0.3, -0.25) is 0 Å². The van der Waals surface area contributed by atoms with Crippen LogP contribution in [0, 0.1) is 6.92 Å². The molecule has 34 heavy (non-hydrogen) atoms. The molecule has 3 aromatic rings. The van der Waals surface area contributed by atoms with Crippen molar-refractivity contribution < 1.29 is 0 Å². The van der Waals surface area contributed by atoms with Gasteiger partial charge in [-0.05, 0) is 91.9 Å². The van der Waals surface area contributed by atoms with E-state index in [0.29, 0.717) is 0 Å². The monoisotopic (exact) mass is 456 g/mol. The minimum atomic E-state index is 0. The molecular formula is C30H40N4. The van der Waals surface area contributed by atoms with Crippen LogP contribution in [0.15, 0.2) is 107 Å². The van der Waals surface area contributed by atoms with Crippen molar-refractivity contribution >= 4 is 39.9 Å². The van der Waals surface area contributed by atoms with Crippen LogP contribution in [-0.2, 0) is 0 Å². The van der Waals surface area contributed by atoms with Crippen LogP contribution in [0.2, 0.25) is 0 Å². The van der Waals surface area contributed by atoms with E-state index in [4.69, 9.17) is 4.99 Å². The molecule has 4 rings (SSSR count). The Morgan fingerprint density at radius 1 is 0.500 bits per heavy atom. The fourth-order valence-corrected chi connectivity index (χ4v) is 3.03. The average Bonchev–Trinajstić information content (AvgIpc) is 2.78. The zero-order chi connectivity index (χ0) is 20.8. The number of aryl methyl sites for hydroxylation is 1. The molecule has 4 heteroatoms. The van der Waals surface area contributed by atoms with Crippen molar-refractivity contribution in [1.82, 2.24) is 0 Å². The predicted molar refractivity (Wildman–Crippen MR) is 156 cm³/mol. The summed E-state index contributed by atoms with van der Waals surface area (Å²) >= 11 is 0. The molecule has 0 unspecified atom stereocenters. The number of anilines is 3. The molecule has 0 aliphatic heterocycles. The van der Waals surface area contributed by atoms with Gasteiger partial charge in [0.15, 0.2) is 0 Å². The first-order chi connectivity index (χ1) is 14.7. The molecule has 4 nitrogen and oxygen atoms in total. The summed E-state index contributed by atoms with van der Waals surface area (Å²) in [5, 5.41) is 6.52. The highest BCUT2D eigenvalue weighted by Crippen LogP contribution is 2.22. The van der Waals surface area contributed by atoms with Crippen molar-refractivity contribution in [1.29, 1.82) is 0 Å². The molecule has 2 N–H and O–H groups in total. The van der Waals surface area contributed by atoms with Crippen LogP contribution in [0.3, 0.4) is 0 Å². The van der Waals surface area contributed by atoms with Crippen LogP contribution in [0.1, 0.15) is 35.3 Å². The third-order valence-corrected chi connectivity index (χ3v) is 4.73. The second kappa shape index (κ2) is 14.3. The summed E-state index contributed by atoms with van der Waals surface area (Å²) in [6.45, 7) is 2.07. The molecule has 0 radical (unpaired) electrons. The molecule has 0 bridgehead atoms. The van der Waals surface area contributed by atoms with E-state index in [0.717, 1.165) is 39.9 Å². The second-order valence-corrected chi connectivity index (χ2v) is 7.07. The smallest absolute Gasteiger partial charge is 0.0638 e. The van der Waals surface area contributed by atoms with Gasteiger partial charge in [0.25, 0.3) is 0 Å². The van der Waals surface area contributed by atoms with Gasteiger partial charge < -0.3 is 10.6 Å². The van der Waals surface area contributed by atoms with E-state index in [1.165, 1.54) is 5.56 Å². The third kappa shape index (κ3) is 8.21. The first-order valence-corrected chi connectivity index (χ1v) is 9.93. The van der Waals surface area contributed by atoms with E-state index in [2.05, 4.69) is 34.7 Å². The topological polar surface area (TPSA) is 48.8 Å². The van der Waals surface area contributed by atoms with E-state index in [1.54, 1.807) is 0 Å². The lowest BCUT2D eigenvalue weighted by Crippen LogP contribution is -1.99. The third-order valence-electron chi connectivity index (χ3n) is 4.73. The van der Waals surface area contributed by atoms with Gasteiger partial charge in [-0.2, -0.15) is 0 Å². The number of benzene rings is 3. The number of hydrogen-bond donors (Lipinski definition) is 2. The maximum Gasteiger partial charge on any atom is 0.0638 e. The first kappa shape index (κ1) is 30.1. The van der Waals surface area contributed by atoms with Gasteiger partial charge in [0.05, 0.1) is 22.8 Å². The SMILES string of the molecule is C.C.C.C.CNc1ccc(Nc2ccc(N=C3C=CC(=Nc4ccc(C)cc4)C=C3)cc2)cc1. The number of rotatable bonds is 5. The maximum absolute atomic E-state index is 4.69. The van der Waals surface area contributed by atoms with Crippen molar-refractivity contribution in [3.05, 3.63) is 103 Å². The van der Waals surface area contributed by atoms with Crippen molar-refractivity contribution in [2.45, 2.75) is 36.6 Å². The second-order valence-electron chi connectivity index (χ2n) is 7.07. The minimum absolute atomic E-state index is 0. The fourth-order valence-electron chi connectivity index (χ4n) is 3.03. The van der Waals surface area contributed by atoms with Crippen LogP contribution < -0.4 is 10.6 Å². The van der Waals surface area contributed by atoms with Gasteiger partial charge in [-0.1, -0.05) is 47.4 Å². The van der Waals surface area contributed by atoms with Crippen LogP contribution in [0.5, 0.6) is 0 Å². The van der Waals surface area contributed by atoms with Crippen LogP contribution >= 0.6 is 0 Å².